The second-order valence-corrected chi connectivity index (χ2v) is 9.75. The van der Waals surface area contributed by atoms with Crippen molar-refractivity contribution in [3.05, 3.63) is 95.6 Å². The summed E-state index contributed by atoms with van der Waals surface area (Å²) in [7, 11) is 1.67. The van der Waals surface area contributed by atoms with Crippen molar-refractivity contribution in [2.45, 2.75) is 25.9 Å². The van der Waals surface area contributed by atoms with Crippen LogP contribution in [0.2, 0.25) is 0 Å². The van der Waals surface area contributed by atoms with E-state index in [9.17, 15) is 4.79 Å². The van der Waals surface area contributed by atoms with E-state index in [0.717, 1.165) is 61.1 Å². The first-order valence-electron chi connectivity index (χ1n) is 13.4. The molecule has 38 heavy (non-hydrogen) atoms. The number of piperazine rings is 1. The maximum atomic E-state index is 13.7. The number of carbonyl (C=O) groups excluding carboxylic acids is 1. The summed E-state index contributed by atoms with van der Waals surface area (Å²) in [6.07, 6.45) is 0.630. The molecule has 0 N–H and O–H groups in total. The maximum absolute atomic E-state index is 13.7. The zero-order valence-corrected chi connectivity index (χ0v) is 22.3. The summed E-state index contributed by atoms with van der Waals surface area (Å²) in [5.41, 5.74) is 4.16. The number of para-hydroxylation sites is 1. The molecule has 0 unspecified atom stereocenters. The molecule has 0 spiro atoms. The molecule has 1 atom stereocenters. The van der Waals surface area contributed by atoms with Crippen molar-refractivity contribution in [1.29, 1.82) is 0 Å². The number of hydrazone groups is 1. The van der Waals surface area contributed by atoms with Crippen molar-refractivity contribution in [2.75, 3.05) is 46.4 Å². The minimum atomic E-state index is -0.169. The highest BCUT2D eigenvalue weighted by molar-refractivity contribution is 6.05. The molecule has 0 saturated carbocycles. The number of rotatable bonds is 9. The third-order valence-electron chi connectivity index (χ3n) is 7.23. The van der Waals surface area contributed by atoms with Crippen LogP contribution >= 0.6 is 0 Å². The van der Waals surface area contributed by atoms with Gasteiger partial charge in [0, 0.05) is 44.7 Å². The third-order valence-corrected chi connectivity index (χ3v) is 7.23. The van der Waals surface area contributed by atoms with Crippen LogP contribution in [-0.2, 0) is 11.3 Å². The molecule has 1 fully saturated rings. The molecule has 198 valence electrons. The van der Waals surface area contributed by atoms with Crippen molar-refractivity contribution in [1.82, 2.24) is 14.8 Å². The Kier molecular flexibility index (Phi) is 8.36. The Morgan fingerprint density at radius 2 is 1.58 bits per heavy atom. The van der Waals surface area contributed by atoms with E-state index >= 15 is 0 Å². The fraction of sp³-hybridized carbons (Fsp3) is 0.355. The quantitative estimate of drug-likeness (QED) is 0.420. The van der Waals surface area contributed by atoms with Crippen LogP contribution in [0.25, 0.3) is 0 Å². The number of hydrogen-bond acceptors (Lipinski definition) is 6. The summed E-state index contributed by atoms with van der Waals surface area (Å²) in [5, 5.41) is 6.56. The molecule has 0 aromatic heterocycles. The van der Waals surface area contributed by atoms with E-state index in [1.807, 2.05) is 61.5 Å². The predicted octanol–water partition coefficient (Wildman–Crippen LogP) is 4.59. The van der Waals surface area contributed by atoms with Crippen molar-refractivity contribution in [3.63, 3.8) is 0 Å². The standard InChI is InChI=1S/C31H36N4O3/c1-3-38-26-15-13-25(14-16-26)29-21-28(27-11-7-8-12-30(27)37-2)32-35(29)31(36)23-34-19-17-33(18-20-34)22-24-9-5-4-6-10-24/h4-16,29H,3,17-23H2,1-2H3/t29-/m1/s1. The molecule has 3 aromatic carbocycles. The van der Waals surface area contributed by atoms with Gasteiger partial charge in [-0.3, -0.25) is 14.6 Å². The topological polar surface area (TPSA) is 57.6 Å². The van der Waals surface area contributed by atoms with Crippen molar-refractivity contribution in [3.8, 4) is 11.5 Å². The minimum Gasteiger partial charge on any atom is -0.496 e. The van der Waals surface area contributed by atoms with E-state index in [1.54, 1.807) is 12.1 Å². The van der Waals surface area contributed by atoms with Gasteiger partial charge in [0.15, 0.2) is 0 Å². The summed E-state index contributed by atoms with van der Waals surface area (Å²) in [5.74, 6) is 1.61. The van der Waals surface area contributed by atoms with Crippen LogP contribution < -0.4 is 9.47 Å². The molecule has 0 aliphatic carbocycles. The van der Waals surface area contributed by atoms with E-state index in [2.05, 4.69) is 34.1 Å². The SMILES string of the molecule is CCOc1ccc([C@H]2CC(c3ccccc3OC)=NN2C(=O)CN2CCN(Cc3ccccc3)CC2)cc1. The summed E-state index contributed by atoms with van der Waals surface area (Å²) in [4.78, 5) is 18.4. The van der Waals surface area contributed by atoms with Gasteiger partial charge >= 0.3 is 0 Å². The smallest absolute Gasteiger partial charge is 0.257 e. The van der Waals surface area contributed by atoms with Gasteiger partial charge < -0.3 is 9.47 Å². The number of amides is 1. The summed E-state index contributed by atoms with van der Waals surface area (Å²) in [6, 6.07) is 26.3. The molecule has 2 heterocycles. The second-order valence-electron chi connectivity index (χ2n) is 9.75. The lowest BCUT2D eigenvalue weighted by atomic mass is 9.98. The van der Waals surface area contributed by atoms with E-state index < -0.39 is 0 Å². The van der Waals surface area contributed by atoms with Gasteiger partial charge in [0.2, 0.25) is 0 Å². The lowest BCUT2D eigenvalue weighted by molar-refractivity contribution is -0.134. The van der Waals surface area contributed by atoms with Crippen molar-refractivity contribution in [2.24, 2.45) is 5.10 Å². The molecule has 0 radical (unpaired) electrons. The van der Waals surface area contributed by atoms with Crippen LogP contribution in [0.1, 0.15) is 36.1 Å². The molecular weight excluding hydrogens is 476 g/mol. The molecule has 1 amide bonds. The lowest BCUT2D eigenvalue weighted by Crippen LogP contribution is -2.49. The third kappa shape index (κ3) is 6.06. The van der Waals surface area contributed by atoms with E-state index in [1.165, 1.54) is 5.56 Å². The van der Waals surface area contributed by atoms with E-state index in [0.29, 0.717) is 19.6 Å². The molecule has 7 nitrogen and oxygen atoms in total. The molecule has 2 aliphatic rings. The minimum absolute atomic E-state index is 0.0188. The average Bonchev–Trinajstić information content (AvgIpc) is 3.41. The first-order valence-corrected chi connectivity index (χ1v) is 13.4. The summed E-state index contributed by atoms with van der Waals surface area (Å²) >= 11 is 0. The number of ether oxygens (including phenoxy) is 2. The first kappa shape index (κ1) is 25.9. The van der Waals surface area contributed by atoms with Crippen LogP contribution in [0.3, 0.4) is 0 Å². The highest BCUT2D eigenvalue weighted by atomic mass is 16.5. The Morgan fingerprint density at radius 1 is 0.895 bits per heavy atom. The molecule has 2 aliphatic heterocycles. The van der Waals surface area contributed by atoms with Crippen LogP contribution in [-0.4, -0.2) is 72.9 Å². The normalized spacial score (nSPS) is 18.3. The van der Waals surface area contributed by atoms with Gasteiger partial charge in [-0.1, -0.05) is 54.6 Å². The highest BCUT2D eigenvalue weighted by Gasteiger charge is 2.35. The summed E-state index contributed by atoms with van der Waals surface area (Å²) in [6.45, 7) is 7.51. The largest absolute Gasteiger partial charge is 0.496 e. The zero-order chi connectivity index (χ0) is 26.3. The van der Waals surface area contributed by atoms with Crippen molar-refractivity contribution < 1.29 is 14.3 Å². The molecule has 0 bridgehead atoms. The van der Waals surface area contributed by atoms with E-state index in [-0.39, 0.29) is 11.9 Å². The average molecular weight is 513 g/mol. The fourth-order valence-electron chi connectivity index (χ4n) is 5.21. The van der Waals surface area contributed by atoms with Gasteiger partial charge in [0.1, 0.15) is 11.5 Å². The maximum Gasteiger partial charge on any atom is 0.257 e. The summed E-state index contributed by atoms with van der Waals surface area (Å²) < 4.78 is 11.2. The fourth-order valence-corrected chi connectivity index (χ4v) is 5.21. The van der Waals surface area contributed by atoms with Crippen LogP contribution in [0.15, 0.2) is 84.0 Å². The Morgan fingerprint density at radius 3 is 2.29 bits per heavy atom. The molecular formula is C31H36N4O3. The van der Waals surface area contributed by atoms with E-state index in [4.69, 9.17) is 14.6 Å². The molecule has 5 rings (SSSR count). The number of carbonyl (C=O) groups is 1. The number of nitrogens with zero attached hydrogens (tertiary/aromatic N) is 4. The lowest BCUT2D eigenvalue weighted by Gasteiger charge is -2.35. The van der Waals surface area contributed by atoms with Gasteiger partial charge in [-0.05, 0) is 42.3 Å². The number of methoxy groups -OCH3 is 1. The van der Waals surface area contributed by atoms with Gasteiger partial charge in [-0.2, -0.15) is 5.10 Å². The van der Waals surface area contributed by atoms with Crippen LogP contribution in [0, 0.1) is 0 Å². The highest BCUT2D eigenvalue weighted by Crippen LogP contribution is 2.35. The monoisotopic (exact) mass is 512 g/mol. The van der Waals surface area contributed by atoms with Gasteiger partial charge in [-0.15, -0.1) is 0 Å². The molecule has 1 saturated heterocycles. The number of benzene rings is 3. The zero-order valence-electron chi connectivity index (χ0n) is 22.3. The molecule has 3 aromatic rings. The second kappa shape index (κ2) is 12.2. The Bertz CT molecular complexity index is 1240. The van der Waals surface area contributed by atoms with Gasteiger partial charge in [0.05, 0.1) is 32.0 Å². The van der Waals surface area contributed by atoms with Crippen LogP contribution in [0.4, 0.5) is 0 Å². The molecule has 7 heteroatoms. The first-order chi connectivity index (χ1) is 18.6. The van der Waals surface area contributed by atoms with Crippen molar-refractivity contribution >= 4 is 11.6 Å². The van der Waals surface area contributed by atoms with Gasteiger partial charge in [0.25, 0.3) is 5.91 Å². The van der Waals surface area contributed by atoms with Crippen LogP contribution in [0.5, 0.6) is 11.5 Å². The Labute approximate surface area is 225 Å². The number of hydrogen-bond donors (Lipinski definition) is 0. The Hall–Kier alpha value is -3.68. The Balaban J connectivity index is 1.29. The predicted molar refractivity (Wildman–Crippen MR) is 150 cm³/mol. The van der Waals surface area contributed by atoms with Gasteiger partial charge in [-0.25, -0.2) is 5.01 Å².